The van der Waals surface area contributed by atoms with Gasteiger partial charge in [-0.3, -0.25) is 9.55 Å². The van der Waals surface area contributed by atoms with Crippen LogP contribution in [-0.2, 0) is 11.0 Å². The van der Waals surface area contributed by atoms with Gasteiger partial charge in [0.05, 0.1) is 35.1 Å². The lowest BCUT2D eigenvalue weighted by Gasteiger charge is -2.56. The van der Waals surface area contributed by atoms with Crippen LogP contribution in [0.4, 0.5) is 18.9 Å². The van der Waals surface area contributed by atoms with Gasteiger partial charge in [-0.05, 0) is 49.3 Å². The molecule has 8 nitrogen and oxygen atoms in total. The minimum absolute atomic E-state index is 0.409. The number of piperidine rings is 1. The van der Waals surface area contributed by atoms with Gasteiger partial charge in [0.15, 0.2) is 5.54 Å². The van der Waals surface area contributed by atoms with Crippen molar-refractivity contribution < 1.29 is 27.4 Å². The molecule has 2 fully saturated rings. The molecular weight excluding hydrogens is 519 g/mol. The molecule has 0 radical (unpaired) electrons. The number of hydroxylamine groups is 3. The average molecular weight is 555 g/mol. The lowest BCUT2D eigenvalue weighted by atomic mass is 9.83. The Labute approximate surface area is 225 Å². The molecule has 1 aromatic carbocycles. The van der Waals surface area contributed by atoms with Gasteiger partial charge in [-0.25, -0.2) is 0 Å². The van der Waals surface area contributed by atoms with Gasteiger partial charge < -0.3 is 14.9 Å². The summed E-state index contributed by atoms with van der Waals surface area (Å²) in [6, 6.07) is 5.53. The summed E-state index contributed by atoms with van der Waals surface area (Å²) >= 11 is 1.45. The van der Waals surface area contributed by atoms with E-state index in [4.69, 9.17) is 4.84 Å². The Morgan fingerprint density at radius 3 is 2.76 bits per heavy atom. The van der Waals surface area contributed by atoms with Crippen molar-refractivity contribution in [3.05, 3.63) is 51.0 Å². The van der Waals surface area contributed by atoms with Crippen LogP contribution < -0.4 is 4.90 Å². The summed E-state index contributed by atoms with van der Waals surface area (Å²) in [5.41, 5.74) is -0.0415. The Bertz CT molecular complexity index is 1110. The second kappa shape index (κ2) is 10.8. The van der Waals surface area contributed by atoms with Crippen molar-refractivity contribution in [2.24, 2.45) is 5.16 Å². The predicted octanol–water partition coefficient (Wildman–Crippen LogP) is 4.94. The van der Waals surface area contributed by atoms with Crippen LogP contribution in [0.2, 0.25) is 0 Å². The van der Waals surface area contributed by atoms with E-state index >= 15 is 0 Å². The van der Waals surface area contributed by atoms with E-state index < -0.39 is 28.1 Å². The number of hydrogen-bond donors (Lipinski definition) is 0. The number of anilines is 1. The zero-order valence-corrected chi connectivity index (χ0v) is 22.5. The molecule has 4 aliphatic rings. The number of quaternary nitrogens is 1. The highest BCUT2D eigenvalue weighted by molar-refractivity contribution is 8.03. The molecule has 3 unspecified atom stereocenters. The van der Waals surface area contributed by atoms with E-state index in [1.807, 2.05) is 11.0 Å². The van der Waals surface area contributed by atoms with Crippen LogP contribution in [0.25, 0.3) is 0 Å². The first-order valence-electron chi connectivity index (χ1n) is 13.3. The smallest absolute Gasteiger partial charge is 0.416 e. The molecule has 1 aromatic rings. The number of unbranched alkanes of at least 4 members (excludes halogenated alkanes) is 2. The standard InChI is InChI=1S/C26H35F3N5O3S/c1-37-30-22-9-6-16-34(36)23(33(35)24-18-25(22,34)19-38-24)10-3-2-4-11-31-12-14-32(15-13-31)21-8-5-7-20(17-21)26(27,28)29/h5,7-8,17-18,23H,2-4,6,9-16,19H2,1H3/q+1. The molecule has 3 atom stereocenters. The monoisotopic (exact) mass is 554 g/mol. The highest BCUT2D eigenvalue weighted by Gasteiger charge is 2.67. The number of rotatable bonds is 8. The van der Waals surface area contributed by atoms with E-state index in [1.54, 1.807) is 6.07 Å². The summed E-state index contributed by atoms with van der Waals surface area (Å²) in [6.07, 6.45) is 1.44. The summed E-state index contributed by atoms with van der Waals surface area (Å²) in [5.74, 6) is 0.537. The number of thioether (sulfide) groups is 1. The van der Waals surface area contributed by atoms with Crippen molar-refractivity contribution in [3.63, 3.8) is 0 Å². The quantitative estimate of drug-likeness (QED) is 0.149. The summed E-state index contributed by atoms with van der Waals surface area (Å²) < 4.78 is 39.5. The fourth-order valence-corrected chi connectivity index (χ4v) is 7.70. The maximum absolute atomic E-state index is 14.3. The second-order valence-electron chi connectivity index (χ2n) is 10.6. The zero-order valence-electron chi connectivity index (χ0n) is 21.7. The number of nitroso groups, excluding NO2 is 1. The maximum Gasteiger partial charge on any atom is 0.416 e. The van der Waals surface area contributed by atoms with E-state index in [0.29, 0.717) is 55.4 Å². The van der Waals surface area contributed by atoms with Crippen LogP contribution in [0.15, 0.2) is 40.5 Å². The van der Waals surface area contributed by atoms with Crippen LogP contribution >= 0.6 is 11.8 Å². The van der Waals surface area contributed by atoms with Gasteiger partial charge in [-0.2, -0.15) is 13.2 Å². The number of halogens is 3. The van der Waals surface area contributed by atoms with E-state index in [9.17, 15) is 23.3 Å². The van der Waals surface area contributed by atoms with E-state index in [-0.39, 0.29) is 0 Å². The molecule has 0 saturated carbocycles. The predicted molar refractivity (Wildman–Crippen MR) is 141 cm³/mol. The molecule has 4 heterocycles. The number of benzene rings is 1. The van der Waals surface area contributed by atoms with Crippen molar-refractivity contribution in [2.45, 2.75) is 56.4 Å². The molecule has 0 amide bonds. The highest BCUT2D eigenvalue weighted by Crippen LogP contribution is 2.51. The summed E-state index contributed by atoms with van der Waals surface area (Å²) in [5, 5.41) is 19.1. The largest absolute Gasteiger partial charge is 0.627 e. The molecule has 2 bridgehead atoms. The SMILES string of the molecule is CON=C1CCC[N+]2([O-])C(CCCCCN3CCN(c4cccc(C(F)(F)F)c4)CC3)[N+](=O)C3=CC12CS3. The van der Waals surface area contributed by atoms with Gasteiger partial charge in [0, 0.05) is 49.6 Å². The maximum atomic E-state index is 14.3. The van der Waals surface area contributed by atoms with E-state index in [2.05, 4.69) is 10.1 Å². The van der Waals surface area contributed by atoms with Crippen LogP contribution in [0.3, 0.4) is 0 Å². The van der Waals surface area contributed by atoms with Crippen LogP contribution in [0.1, 0.15) is 44.1 Å². The Balaban J connectivity index is 1.10. The third-order valence-electron chi connectivity index (χ3n) is 8.40. The van der Waals surface area contributed by atoms with Gasteiger partial charge in [0.25, 0.3) is 5.03 Å². The minimum atomic E-state index is -4.34. The molecule has 38 heavy (non-hydrogen) atoms. The molecule has 12 heteroatoms. The Morgan fingerprint density at radius 2 is 2.03 bits per heavy atom. The molecule has 1 spiro atoms. The summed E-state index contributed by atoms with van der Waals surface area (Å²) in [7, 11) is 1.50. The van der Waals surface area contributed by atoms with Crippen molar-refractivity contribution in [1.29, 1.82) is 0 Å². The fraction of sp³-hybridized carbons (Fsp3) is 0.654. The normalized spacial score (nSPS) is 30.9. The first-order chi connectivity index (χ1) is 18.2. The van der Waals surface area contributed by atoms with Gasteiger partial charge in [0.1, 0.15) is 12.8 Å². The van der Waals surface area contributed by atoms with Crippen molar-refractivity contribution in [1.82, 2.24) is 4.90 Å². The lowest BCUT2D eigenvalue weighted by Crippen LogP contribution is -2.73. The van der Waals surface area contributed by atoms with Crippen molar-refractivity contribution >= 4 is 23.2 Å². The summed E-state index contributed by atoms with van der Waals surface area (Å²) in [6.45, 7) is 4.27. The third-order valence-corrected chi connectivity index (χ3v) is 9.58. The Hall–Kier alpha value is -2.15. The second-order valence-corrected chi connectivity index (χ2v) is 11.6. The van der Waals surface area contributed by atoms with E-state index in [0.717, 1.165) is 55.4 Å². The first-order valence-corrected chi connectivity index (χ1v) is 14.3. The molecule has 0 N–H and O–H groups in total. The van der Waals surface area contributed by atoms with Crippen LogP contribution in [0.5, 0.6) is 0 Å². The zero-order chi connectivity index (χ0) is 27.0. The average Bonchev–Trinajstić information content (AvgIpc) is 3.32. The fourth-order valence-electron chi connectivity index (χ4n) is 6.34. The first kappa shape index (κ1) is 27.4. The number of alkyl halides is 3. The topological polar surface area (TPSA) is 71.2 Å². The van der Waals surface area contributed by atoms with Crippen molar-refractivity contribution in [3.8, 4) is 0 Å². The van der Waals surface area contributed by atoms with Crippen molar-refractivity contribution in [2.75, 3.05) is 57.0 Å². The molecule has 2 saturated heterocycles. The highest BCUT2D eigenvalue weighted by atomic mass is 32.2. The molecule has 208 valence electrons. The minimum Gasteiger partial charge on any atom is -0.627 e. The Kier molecular flexibility index (Phi) is 7.78. The van der Waals surface area contributed by atoms with Crippen LogP contribution in [-0.4, -0.2) is 83.9 Å². The van der Waals surface area contributed by atoms with Gasteiger partial charge in [0.2, 0.25) is 0 Å². The molecular formula is C26H35F3N5O3S+. The number of nitrogens with zero attached hydrogens (tertiary/aromatic N) is 5. The Morgan fingerprint density at radius 1 is 1.24 bits per heavy atom. The molecule has 0 aromatic heterocycles. The molecule has 5 rings (SSSR count). The van der Waals surface area contributed by atoms with Gasteiger partial charge in [-0.15, -0.1) is 0 Å². The van der Waals surface area contributed by atoms with Gasteiger partial charge >= 0.3 is 12.3 Å². The van der Waals surface area contributed by atoms with Crippen LogP contribution in [0, 0.1) is 10.1 Å². The lowest BCUT2D eigenvalue weighted by molar-refractivity contribution is -1.02. The molecule has 4 aliphatic heterocycles. The number of oxime groups is 1. The third kappa shape index (κ3) is 4.96. The molecule has 0 aliphatic carbocycles. The summed E-state index contributed by atoms with van der Waals surface area (Å²) in [4.78, 5) is 22.5. The van der Waals surface area contributed by atoms with E-state index in [1.165, 1.54) is 31.0 Å². The van der Waals surface area contributed by atoms with Gasteiger partial charge in [-0.1, -0.05) is 17.6 Å². The number of piperazine rings is 1. The number of hydrogen-bond acceptors (Lipinski definition) is 7.